The van der Waals surface area contributed by atoms with Gasteiger partial charge in [0.15, 0.2) is 11.6 Å². The molecule has 18 heavy (non-hydrogen) atoms. The summed E-state index contributed by atoms with van der Waals surface area (Å²) in [6, 6.07) is 2.81. The van der Waals surface area contributed by atoms with E-state index < -0.39 is 23.6 Å². The number of carbonyl (C=O) groups is 1. The number of hydrogen-bond acceptors (Lipinski definition) is 3. The number of halogens is 2. The minimum absolute atomic E-state index is 0.216. The van der Waals surface area contributed by atoms with Gasteiger partial charge < -0.3 is 10.5 Å². The molecule has 0 aromatic heterocycles. The van der Waals surface area contributed by atoms with E-state index in [0.29, 0.717) is 6.54 Å². The van der Waals surface area contributed by atoms with E-state index in [1.807, 2.05) is 0 Å². The Balaban J connectivity index is 2.03. The number of ether oxygens (including phenoxy) is 1. The Kier molecular flexibility index (Phi) is 3.47. The first-order valence-electron chi connectivity index (χ1n) is 5.43. The van der Waals surface area contributed by atoms with E-state index >= 15 is 0 Å². The number of hydrogen-bond donors (Lipinski definition) is 1. The van der Waals surface area contributed by atoms with Crippen LogP contribution in [0.5, 0.6) is 5.75 Å². The van der Waals surface area contributed by atoms with Crippen molar-refractivity contribution in [2.45, 2.75) is 12.1 Å². The zero-order valence-corrected chi connectivity index (χ0v) is 9.77. The normalized spacial score (nSPS) is 24.2. The molecule has 2 atom stereocenters. The first kappa shape index (κ1) is 12.8. The summed E-state index contributed by atoms with van der Waals surface area (Å²) in [5.41, 5.74) is 5.21. The van der Waals surface area contributed by atoms with Crippen LogP contribution >= 0.6 is 0 Å². The Hall–Kier alpha value is -1.69. The number of nitrogens with two attached hydrogens (primary N) is 1. The van der Waals surface area contributed by atoms with Crippen molar-refractivity contribution < 1.29 is 18.3 Å². The monoisotopic (exact) mass is 255 g/mol. The summed E-state index contributed by atoms with van der Waals surface area (Å²) in [5, 5.41) is 0. The van der Waals surface area contributed by atoms with Gasteiger partial charge in [0, 0.05) is 19.0 Å². The van der Waals surface area contributed by atoms with Gasteiger partial charge in [-0.2, -0.15) is 0 Å². The standard InChI is InChI=1S/C12H13F2N2O2/c1-16-6-8(5-11(16)12(15)17)18-7-2-3-9(13)10(14)4-7/h2-5,8,11H,6H2,1H3,(H2,15,17). The average Bonchev–Trinajstić information content (AvgIpc) is 2.65. The van der Waals surface area contributed by atoms with Crippen molar-refractivity contribution in [1.29, 1.82) is 0 Å². The van der Waals surface area contributed by atoms with Crippen LogP contribution in [0.15, 0.2) is 18.2 Å². The number of benzene rings is 1. The SMILES string of the molecule is CN1CC(Oc2ccc(F)c(F)c2)[CH]C1C(N)=O. The molecule has 1 saturated heterocycles. The van der Waals surface area contributed by atoms with Gasteiger partial charge in [0.1, 0.15) is 11.9 Å². The molecule has 0 aliphatic carbocycles. The maximum Gasteiger partial charge on any atom is 0.235 e. The number of rotatable bonds is 3. The zero-order valence-electron chi connectivity index (χ0n) is 9.77. The average molecular weight is 255 g/mol. The van der Waals surface area contributed by atoms with Crippen LogP contribution in [0, 0.1) is 18.1 Å². The minimum Gasteiger partial charge on any atom is -0.489 e. The molecule has 1 aromatic carbocycles. The molecule has 6 heteroatoms. The lowest BCUT2D eigenvalue weighted by atomic mass is 10.2. The second-order valence-corrected chi connectivity index (χ2v) is 4.21. The fraction of sp³-hybridized carbons (Fsp3) is 0.333. The molecular weight excluding hydrogens is 242 g/mol. The Bertz CT molecular complexity index is 467. The molecule has 1 radical (unpaired) electrons. The zero-order chi connectivity index (χ0) is 13.3. The van der Waals surface area contributed by atoms with Gasteiger partial charge in [0.2, 0.25) is 5.91 Å². The first-order valence-corrected chi connectivity index (χ1v) is 5.43. The molecule has 2 unspecified atom stereocenters. The molecule has 2 N–H and O–H groups in total. The van der Waals surface area contributed by atoms with Crippen molar-refractivity contribution in [3.63, 3.8) is 0 Å². The smallest absolute Gasteiger partial charge is 0.235 e. The number of amides is 1. The third-order valence-corrected chi connectivity index (χ3v) is 2.81. The number of nitrogens with zero attached hydrogens (tertiary/aromatic N) is 1. The van der Waals surface area contributed by atoms with E-state index in [2.05, 4.69) is 0 Å². The van der Waals surface area contributed by atoms with Gasteiger partial charge in [-0.25, -0.2) is 8.78 Å². The lowest BCUT2D eigenvalue weighted by molar-refractivity contribution is -0.120. The number of primary amides is 1. The molecule has 1 heterocycles. The minimum atomic E-state index is -0.967. The third kappa shape index (κ3) is 2.59. The van der Waals surface area contributed by atoms with Crippen molar-refractivity contribution in [1.82, 2.24) is 4.90 Å². The van der Waals surface area contributed by atoms with Gasteiger partial charge in [0.05, 0.1) is 6.04 Å². The van der Waals surface area contributed by atoms with Crippen LogP contribution in [0.1, 0.15) is 0 Å². The number of likely N-dealkylation sites (tertiary alicyclic amines) is 1. The summed E-state index contributed by atoms with van der Waals surface area (Å²) < 4.78 is 31.2. The van der Waals surface area contributed by atoms with Crippen LogP contribution in [-0.4, -0.2) is 36.5 Å². The van der Waals surface area contributed by atoms with Gasteiger partial charge >= 0.3 is 0 Å². The van der Waals surface area contributed by atoms with Crippen LogP contribution in [-0.2, 0) is 4.79 Å². The summed E-state index contributed by atoms with van der Waals surface area (Å²) in [5.74, 6) is -2.14. The largest absolute Gasteiger partial charge is 0.489 e. The van der Waals surface area contributed by atoms with E-state index in [1.54, 1.807) is 18.4 Å². The second kappa shape index (κ2) is 4.89. The summed E-state index contributed by atoms with van der Waals surface area (Å²) in [7, 11) is 1.74. The fourth-order valence-corrected chi connectivity index (χ4v) is 1.92. The first-order chi connectivity index (χ1) is 8.47. The van der Waals surface area contributed by atoms with Crippen molar-refractivity contribution in [3.8, 4) is 5.75 Å². The van der Waals surface area contributed by atoms with Crippen molar-refractivity contribution in [2.75, 3.05) is 13.6 Å². The molecular formula is C12H13F2N2O2. The molecule has 1 fully saturated rings. The summed E-state index contributed by atoms with van der Waals surface area (Å²) >= 11 is 0. The molecule has 1 aliphatic heterocycles. The molecule has 1 aromatic rings. The van der Waals surface area contributed by atoms with Crippen LogP contribution in [0.4, 0.5) is 8.78 Å². The van der Waals surface area contributed by atoms with Crippen molar-refractivity contribution >= 4 is 5.91 Å². The molecule has 4 nitrogen and oxygen atoms in total. The van der Waals surface area contributed by atoms with E-state index in [0.717, 1.165) is 12.1 Å². The highest BCUT2D eigenvalue weighted by Crippen LogP contribution is 2.22. The third-order valence-electron chi connectivity index (χ3n) is 2.81. The predicted molar refractivity (Wildman–Crippen MR) is 60.7 cm³/mol. The second-order valence-electron chi connectivity index (χ2n) is 4.21. The highest BCUT2D eigenvalue weighted by atomic mass is 19.2. The number of likely N-dealkylation sites (N-methyl/N-ethyl adjacent to an activating group) is 1. The Morgan fingerprint density at radius 1 is 1.44 bits per heavy atom. The highest BCUT2D eigenvalue weighted by molar-refractivity contribution is 5.82. The fourth-order valence-electron chi connectivity index (χ4n) is 1.92. The van der Waals surface area contributed by atoms with Gasteiger partial charge in [-0.05, 0) is 19.2 Å². The molecule has 1 aliphatic rings. The van der Waals surface area contributed by atoms with Gasteiger partial charge in [-0.3, -0.25) is 9.69 Å². The van der Waals surface area contributed by atoms with Gasteiger partial charge in [0.25, 0.3) is 0 Å². The molecule has 0 spiro atoms. The molecule has 1 amide bonds. The highest BCUT2D eigenvalue weighted by Gasteiger charge is 2.34. The predicted octanol–water partition coefficient (Wildman–Crippen LogP) is 0.716. The maximum atomic E-state index is 13.0. The lowest BCUT2D eigenvalue weighted by Gasteiger charge is -2.14. The van der Waals surface area contributed by atoms with Crippen molar-refractivity contribution in [2.24, 2.45) is 5.73 Å². The summed E-state index contributed by atoms with van der Waals surface area (Å²) in [4.78, 5) is 12.8. The molecule has 97 valence electrons. The van der Waals surface area contributed by atoms with Crippen LogP contribution in [0.3, 0.4) is 0 Å². The van der Waals surface area contributed by atoms with Gasteiger partial charge in [-0.15, -0.1) is 0 Å². The van der Waals surface area contributed by atoms with E-state index in [1.165, 1.54) is 6.07 Å². The van der Waals surface area contributed by atoms with E-state index in [4.69, 9.17) is 10.5 Å². The number of carbonyl (C=O) groups excluding carboxylic acids is 1. The summed E-state index contributed by atoms with van der Waals surface area (Å²) in [6.45, 7) is 0.465. The quantitative estimate of drug-likeness (QED) is 0.865. The van der Waals surface area contributed by atoms with E-state index in [9.17, 15) is 13.6 Å². The van der Waals surface area contributed by atoms with Gasteiger partial charge in [-0.1, -0.05) is 0 Å². The lowest BCUT2D eigenvalue weighted by Crippen LogP contribution is -2.37. The Labute approximate surface area is 103 Å². The van der Waals surface area contributed by atoms with Crippen LogP contribution < -0.4 is 10.5 Å². The van der Waals surface area contributed by atoms with Crippen LogP contribution in [0.2, 0.25) is 0 Å². The summed E-state index contributed by atoms with van der Waals surface area (Å²) in [6.07, 6.45) is 1.27. The molecule has 0 bridgehead atoms. The van der Waals surface area contributed by atoms with Crippen LogP contribution in [0.25, 0.3) is 0 Å². The maximum absolute atomic E-state index is 13.0. The topological polar surface area (TPSA) is 55.6 Å². The van der Waals surface area contributed by atoms with E-state index in [-0.39, 0.29) is 11.9 Å². The molecule has 2 rings (SSSR count). The Morgan fingerprint density at radius 3 is 2.72 bits per heavy atom. The van der Waals surface area contributed by atoms with Crippen molar-refractivity contribution in [3.05, 3.63) is 36.3 Å². The Morgan fingerprint density at radius 2 is 2.17 bits per heavy atom. The molecule has 0 saturated carbocycles.